The van der Waals surface area contributed by atoms with Gasteiger partial charge < -0.3 is 9.84 Å². The number of aromatic nitrogens is 4. The third kappa shape index (κ3) is 3.56. The minimum Gasteiger partial charge on any atom is -0.339 e. The quantitative estimate of drug-likeness (QED) is 0.681. The van der Waals surface area contributed by atoms with Gasteiger partial charge in [0.1, 0.15) is 12.1 Å². The van der Waals surface area contributed by atoms with E-state index < -0.39 is 23.7 Å². The third-order valence-corrected chi connectivity index (χ3v) is 5.58. The average molecular weight is 430 g/mol. The van der Waals surface area contributed by atoms with Crippen LogP contribution in [0.4, 0.5) is 5.69 Å². The summed E-state index contributed by atoms with van der Waals surface area (Å²) in [5, 5.41) is 7.09. The van der Waals surface area contributed by atoms with Crippen LogP contribution in [0, 0.1) is 13.8 Å². The van der Waals surface area contributed by atoms with Crippen molar-refractivity contribution in [3.05, 3.63) is 61.2 Å². The van der Waals surface area contributed by atoms with Crippen LogP contribution < -0.4 is 16.6 Å². The zero-order valence-corrected chi connectivity index (χ0v) is 17.3. The van der Waals surface area contributed by atoms with Crippen LogP contribution in [-0.4, -0.2) is 25.2 Å². The maximum Gasteiger partial charge on any atom is 0.331 e. The summed E-state index contributed by atoms with van der Waals surface area (Å²) in [6.45, 7) is 3.42. The molecule has 0 spiro atoms. The molecule has 10 heteroatoms. The highest BCUT2D eigenvalue weighted by Gasteiger charge is 2.26. The van der Waals surface area contributed by atoms with E-state index in [9.17, 15) is 14.4 Å². The van der Waals surface area contributed by atoms with Crippen molar-refractivity contribution in [1.82, 2.24) is 19.3 Å². The predicted octanol–water partition coefficient (Wildman–Crippen LogP) is 2.31. The Morgan fingerprint density at radius 1 is 1.27 bits per heavy atom. The molecule has 3 aromatic rings. The van der Waals surface area contributed by atoms with Crippen molar-refractivity contribution in [2.75, 3.05) is 5.32 Å². The average Bonchev–Trinajstić information content (AvgIpc) is 3.15. The molecular weight excluding hydrogens is 410 g/mol. The van der Waals surface area contributed by atoms with E-state index in [4.69, 9.17) is 16.1 Å². The molecule has 0 aliphatic carbocycles. The van der Waals surface area contributed by atoms with E-state index >= 15 is 0 Å². The molecule has 30 heavy (non-hydrogen) atoms. The minimum absolute atomic E-state index is 0.128. The van der Waals surface area contributed by atoms with E-state index in [0.717, 1.165) is 17.4 Å². The maximum atomic E-state index is 13.2. The number of hydrogen-bond donors (Lipinski definition) is 1. The molecule has 1 aliphatic rings. The number of benzene rings is 1. The fraction of sp³-hybridized carbons (Fsp3) is 0.350. The van der Waals surface area contributed by atoms with E-state index in [1.165, 1.54) is 4.57 Å². The lowest BCUT2D eigenvalue weighted by atomic mass is 10.0. The van der Waals surface area contributed by atoms with Crippen LogP contribution in [0.1, 0.15) is 30.0 Å². The van der Waals surface area contributed by atoms with Gasteiger partial charge in [-0.25, -0.2) is 4.79 Å². The van der Waals surface area contributed by atoms with Gasteiger partial charge in [-0.2, -0.15) is 4.98 Å². The molecule has 1 amide bonds. The number of carbonyl (C=O) groups is 1. The summed E-state index contributed by atoms with van der Waals surface area (Å²) >= 11 is 6.10. The predicted molar refractivity (Wildman–Crippen MR) is 111 cm³/mol. The lowest BCUT2D eigenvalue weighted by Gasteiger charge is -2.21. The van der Waals surface area contributed by atoms with Gasteiger partial charge in [-0.05, 0) is 43.9 Å². The number of anilines is 1. The van der Waals surface area contributed by atoms with Crippen molar-refractivity contribution in [1.29, 1.82) is 0 Å². The van der Waals surface area contributed by atoms with Crippen LogP contribution in [0.15, 0.2) is 32.3 Å². The highest BCUT2D eigenvalue weighted by molar-refractivity contribution is 6.31. The SMILES string of the molecule is Cc1nc(-c2c3n(c(=O)n(CC(=O)Nc4cccc(Cl)c4C)c2=O)CCCC3)no1. The van der Waals surface area contributed by atoms with Crippen LogP contribution in [0.2, 0.25) is 5.02 Å². The van der Waals surface area contributed by atoms with Gasteiger partial charge in [0, 0.05) is 29.9 Å². The molecule has 1 aromatic carbocycles. The van der Waals surface area contributed by atoms with Crippen LogP contribution in [0.3, 0.4) is 0 Å². The normalized spacial score (nSPS) is 13.2. The van der Waals surface area contributed by atoms with Crippen molar-refractivity contribution < 1.29 is 9.32 Å². The maximum absolute atomic E-state index is 13.2. The summed E-state index contributed by atoms with van der Waals surface area (Å²) in [5.74, 6) is -0.0694. The Morgan fingerprint density at radius 2 is 2.07 bits per heavy atom. The molecule has 9 nitrogen and oxygen atoms in total. The Labute approximate surface area is 176 Å². The Morgan fingerprint density at radius 3 is 2.80 bits per heavy atom. The van der Waals surface area contributed by atoms with Gasteiger partial charge in [0.15, 0.2) is 0 Å². The van der Waals surface area contributed by atoms with E-state index in [-0.39, 0.29) is 11.4 Å². The molecule has 3 heterocycles. The Balaban J connectivity index is 1.76. The van der Waals surface area contributed by atoms with Crippen LogP contribution in [-0.2, 0) is 24.3 Å². The van der Waals surface area contributed by atoms with Crippen molar-refractivity contribution in [2.45, 2.75) is 46.2 Å². The lowest BCUT2D eigenvalue weighted by Crippen LogP contribution is -2.45. The molecule has 1 N–H and O–H groups in total. The first-order chi connectivity index (χ1) is 14.4. The van der Waals surface area contributed by atoms with Crippen molar-refractivity contribution in [3.8, 4) is 11.4 Å². The van der Waals surface area contributed by atoms with E-state index in [1.54, 1.807) is 32.0 Å². The zero-order chi connectivity index (χ0) is 21.4. The number of nitrogens with one attached hydrogen (secondary N) is 1. The minimum atomic E-state index is -0.605. The highest BCUT2D eigenvalue weighted by atomic mass is 35.5. The number of amides is 1. The summed E-state index contributed by atoms with van der Waals surface area (Å²) in [7, 11) is 0. The second kappa shape index (κ2) is 7.91. The van der Waals surface area contributed by atoms with Gasteiger partial charge in [0.05, 0.1) is 0 Å². The van der Waals surface area contributed by atoms with Gasteiger partial charge in [-0.1, -0.05) is 22.8 Å². The number of fused-ring (bicyclic) bond motifs is 1. The molecule has 4 rings (SSSR count). The number of rotatable bonds is 4. The second-order valence-corrected chi connectivity index (χ2v) is 7.61. The number of hydrogen-bond acceptors (Lipinski definition) is 6. The van der Waals surface area contributed by atoms with Gasteiger partial charge >= 0.3 is 5.69 Å². The van der Waals surface area contributed by atoms with Crippen molar-refractivity contribution >= 4 is 23.2 Å². The third-order valence-electron chi connectivity index (χ3n) is 5.18. The van der Waals surface area contributed by atoms with Gasteiger partial charge in [-0.3, -0.25) is 18.7 Å². The summed E-state index contributed by atoms with van der Waals surface area (Å²) in [6.07, 6.45) is 2.22. The molecule has 0 radical (unpaired) electrons. The highest BCUT2D eigenvalue weighted by Crippen LogP contribution is 2.23. The van der Waals surface area contributed by atoms with Gasteiger partial charge in [0.25, 0.3) is 5.56 Å². The van der Waals surface area contributed by atoms with Gasteiger partial charge in [0.2, 0.25) is 17.6 Å². The molecule has 1 aliphatic heterocycles. The number of carbonyl (C=O) groups excluding carboxylic acids is 1. The fourth-order valence-electron chi connectivity index (χ4n) is 3.64. The Kier molecular flexibility index (Phi) is 5.29. The number of halogens is 1. The zero-order valence-electron chi connectivity index (χ0n) is 16.6. The Hall–Kier alpha value is -3.20. The molecule has 0 saturated heterocycles. The summed E-state index contributed by atoms with van der Waals surface area (Å²) in [4.78, 5) is 43.0. The smallest absolute Gasteiger partial charge is 0.331 e. The van der Waals surface area contributed by atoms with Crippen molar-refractivity contribution in [2.24, 2.45) is 0 Å². The Bertz CT molecular complexity index is 1260. The molecule has 0 fully saturated rings. The molecule has 2 aromatic heterocycles. The lowest BCUT2D eigenvalue weighted by molar-refractivity contribution is -0.116. The van der Waals surface area contributed by atoms with Crippen LogP contribution >= 0.6 is 11.6 Å². The van der Waals surface area contributed by atoms with Crippen molar-refractivity contribution in [3.63, 3.8) is 0 Å². The number of aryl methyl sites for hydroxylation is 1. The van der Waals surface area contributed by atoms with E-state index in [1.807, 2.05) is 0 Å². The molecule has 0 saturated carbocycles. The first kappa shape index (κ1) is 20.1. The molecular formula is C20H20ClN5O4. The largest absolute Gasteiger partial charge is 0.339 e. The molecule has 0 atom stereocenters. The topological polar surface area (TPSA) is 112 Å². The number of nitrogens with zero attached hydrogens (tertiary/aromatic N) is 4. The summed E-state index contributed by atoms with van der Waals surface area (Å²) < 4.78 is 7.48. The molecule has 0 unspecified atom stereocenters. The van der Waals surface area contributed by atoms with Crippen LogP contribution in [0.25, 0.3) is 11.4 Å². The fourth-order valence-corrected chi connectivity index (χ4v) is 3.81. The monoisotopic (exact) mass is 429 g/mol. The second-order valence-electron chi connectivity index (χ2n) is 7.20. The molecule has 0 bridgehead atoms. The first-order valence-electron chi connectivity index (χ1n) is 9.59. The summed E-state index contributed by atoms with van der Waals surface area (Å²) in [6, 6.07) is 5.13. The summed E-state index contributed by atoms with van der Waals surface area (Å²) in [5.41, 5.74) is 0.887. The van der Waals surface area contributed by atoms with E-state index in [2.05, 4.69) is 15.5 Å². The van der Waals surface area contributed by atoms with E-state index in [0.29, 0.717) is 40.8 Å². The van der Waals surface area contributed by atoms with Crippen LogP contribution in [0.5, 0.6) is 0 Å². The standard InChI is InChI=1S/C20H20ClN5O4/c1-11-13(21)6-5-7-14(11)23-16(27)10-26-19(28)17(18-22-12(2)30-24-18)15-8-3-4-9-25(15)20(26)29/h5-7H,3-4,8-10H2,1-2H3,(H,23,27). The van der Waals surface area contributed by atoms with Gasteiger partial charge in [-0.15, -0.1) is 0 Å². The first-order valence-corrected chi connectivity index (χ1v) is 9.96. The molecule has 156 valence electrons.